The molecule has 0 aromatic carbocycles. The van der Waals surface area contributed by atoms with Crippen LogP contribution in [0.2, 0.25) is 19.6 Å². The number of hydrogen-bond acceptors (Lipinski definition) is 2. The summed E-state index contributed by atoms with van der Waals surface area (Å²) < 4.78 is 11.9. The third kappa shape index (κ3) is 2.48. The highest BCUT2D eigenvalue weighted by atomic mass is 32.2. The highest BCUT2D eigenvalue weighted by Crippen LogP contribution is 2.40. The van der Waals surface area contributed by atoms with Crippen LogP contribution < -0.4 is 0 Å². The number of ketones is 1. The number of hydrogen-bond donors (Lipinski definition) is 0. The van der Waals surface area contributed by atoms with Gasteiger partial charge in [0.2, 0.25) is 0 Å². The Balaban J connectivity index is 2.08. The third-order valence-electron chi connectivity index (χ3n) is 4.14. The third-order valence-corrected chi connectivity index (χ3v) is 8.36. The maximum Gasteiger partial charge on any atom is 0.157 e. The fourth-order valence-corrected chi connectivity index (χ4v) is 5.93. The van der Waals surface area contributed by atoms with E-state index in [4.69, 9.17) is 0 Å². The molecule has 2 saturated heterocycles. The normalized spacial score (nSPS) is 36.9. The predicted molar refractivity (Wildman–Crippen MR) is 75.2 cm³/mol. The van der Waals surface area contributed by atoms with Gasteiger partial charge in [0.15, 0.2) is 5.78 Å². The van der Waals surface area contributed by atoms with E-state index in [-0.39, 0.29) is 22.2 Å². The Morgan fingerprint density at radius 2 is 1.65 bits per heavy atom. The van der Waals surface area contributed by atoms with Gasteiger partial charge in [0.1, 0.15) is 0 Å². The van der Waals surface area contributed by atoms with Crippen molar-refractivity contribution in [2.75, 3.05) is 0 Å². The zero-order valence-corrected chi connectivity index (χ0v) is 12.8. The number of allylic oxidation sites excluding steroid dienone is 1. The van der Waals surface area contributed by atoms with Crippen molar-refractivity contribution < 1.29 is 9.00 Å². The topological polar surface area (TPSA) is 34.1 Å². The van der Waals surface area contributed by atoms with Gasteiger partial charge in [0.05, 0.1) is 8.07 Å². The minimum Gasteiger partial charge on any atom is -0.295 e. The predicted octanol–water partition coefficient (Wildman–Crippen LogP) is 2.68. The molecule has 17 heavy (non-hydrogen) atoms. The fraction of sp³-hybridized carbons (Fsp3) is 0.769. The Bertz CT molecular complexity index is 367. The van der Waals surface area contributed by atoms with Gasteiger partial charge in [-0.2, -0.15) is 0 Å². The van der Waals surface area contributed by atoms with E-state index in [0.717, 1.165) is 30.9 Å². The van der Waals surface area contributed by atoms with Gasteiger partial charge in [-0.1, -0.05) is 26.2 Å². The average Bonchev–Trinajstić information content (AvgIpc) is 2.50. The van der Waals surface area contributed by atoms with Gasteiger partial charge in [0, 0.05) is 27.2 Å². The molecule has 96 valence electrons. The molecule has 2 rings (SSSR count). The monoisotopic (exact) mass is 270 g/mol. The number of carbonyl (C=O) groups is 1. The molecule has 0 radical (unpaired) electrons. The molecule has 0 saturated carbocycles. The molecule has 0 aromatic rings. The zero-order valence-electron chi connectivity index (χ0n) is 11.0. The first-order valence-electron chi connectivity index (χ1n) is 6.43. The van der Waals surface area contributed by atoms with Gasteiger partial charge in [-0.3, -0.25) is 9.00 Å². The minimum atomic E-state index is -1.57. The van der Waals surface area contributed by atoms with Gasteiger partial charge < -0.3 is 0 Å². The number of Topliss-reactive ketones (excluding diaryl/α,β-unsaturated/α-hetero) is 1. The second-order valence-electron chi connectivity index (χ2n) is 6.41. The Kier molecular flexibility index (Phi) is 3.47. The molecule has 2 aliphatic heterocycles. The summed E-state index contributed by atoms with van der Waals surface area (Å²) in [5.74, 6) is 0.391. The Morgan fingerprint density at radius 1 is 1.18 bits per heavy atom. The van der Waals surface area contributed by atoms with Gasteiger partial charge in [-0.25, -0.2) is 0 Å². The first kappa shape index (κ1) is 13.2. The lowest BCUT2D eigenvalue weighted by Crippen LogP contribution is -2.37. The van der Waals surface area contributed by atoms with Crippen molar-refractivity contribution >= 4 is 24.7 Å². The van der Waals surface area contributed by atoms with Crippen molar-refractivity contribution in [2.45, 2.75) is 55.8 Å². The highest BCUT2D eigenvalue weighted by Gasteiger charge is 2.43. The lowest BCUT2D eigenvalue weighted by Gasteiger charge is -2.29. The maximum absolute atomic E-state index is 12.4. The molecule has 2 atom stereocenters. The molecule has 2 unspecified atom stereocenters. The number of fused-ring (bicyclic) bond motifs is 2. The Morgan fingerprint density at radius 3 is 2.06 bits per heavy atom. The van der Waals surface area contributed by atoms with Crippen LogP contribution in [0.5, 0.6) is 0 Å². The molecule has 0 aromatic heterocycles. The Hall–Kier alpha value is -0.223. The molecular formula is C13H22O2SSi. The lowest BCUT2D eigenvalue weighted by atomic mass is 9.94. The van der Waals surface area contributed by atoms with Crippen LogP contribution in [0.3, 0.4) is 0 Å². The van der Waals surface area contributed by atoms with Crippen LogP contribution in [0.4, 0.5) is 0 Å². The quantitative estimate of drug-likeness (QED) is 0.584. The molecular weight excluding hydrogens is 248 g/mol. The second-order valence-corrected chi connectivity index (χ2v) is 13.5. The molecule has 2 bridgehead atoms. The van der Waals surface area contributed by atoms with E-state index in [9.17, 15) is 9.00 Å². The summed E-state index contributed by atoms with van der Waals surface area (Å²) in [5.41, 5.74) is 0. The van der Waals surface area contributed by atoms with Crippen molar-refractivity contribution in [1.29, 1.82) is 0 Å². The van der Waals surface area contributed by atoms with Crippen LogP contribution in [0, 0.1) is 5.92 Å². The summed E-state index contributed by atoms with van der Waals surface area (Å²) in [6.07, 6.45) is 3.79. The van der Waals surface area contributed by atoms with E-state index in [1.54, 1.807) is 0 Å². The van der Waals surface area contributed by atoms with E-state index in [1.807, 2.05) is 0 Å². The van der Waals surface area contributed by atoms with Gasteiger partial charge >= 0.3 is 0 Å². The van der Waals surface area contributed by atoms with E-state index < -0.39 is 18.9 Å². The van der Waals surface area contributed by atoms with E-state index >= 15 is 0 Å². The van der Waals surface area contributed by atoms with Crippen LogP contribution in [-0.4, -0.2) is 28.6 Å². The van der Waals surface area contributed by atoms with Gasteiger partial charge in [-0.05, 0) is 30.9 Å². The zero-order chi connectivity index (χ0) is 12.8. The summed E-state index contributed by atoms with van der Waals surface area (Å²) in [6, 6.07) is 0. The Labute approximate surface area is 107 Å². The molecule has 0 spiro atoms. The smallest absolute Gasteiger partial charge is 0.157 e. The molecule has 2 heterocycles. The van der Waals surface area contributed by atoms with Crippen LogP contribution in [0.1, 0.15) is 25.7 Å². The average molecular weight is 270 g/mol. The second kappa shape index (κ2) is 4.46. The molecule has 2 nitrogen and oxygen atoms in total. The van der Waals surface area contributed by atoms with Crippen molar-refractivity contribution in [1.82, 2.24) is 0 Å². The number of rotatable bonds is 3. The van der Waals surface area contributed by atoms with Crippen molar-refractivity contribution in [3.8, 4) is 0 Å². The standard InChI is InChI=1S/C13H22O2SSi/c1-9(17(2,3)4)13(14)10-7-11-5-6-12(8-10)16(11)15/h10-12H,1,5-8H2,2-4H3. The summed E-state index contributed by atoms with van der Waals surface area (Å²) in [6.45, 7) is 10.5. The first-order valence-corrected chi connectivity index (χ1v) is 11.2. The number of carbonyl (C=O) groups excluding carboxylic acids is 1. The van der Waals surface area contributed by atoms with Crippen molar-refractivity contribution in [3.05, 3.63) is 11.8 Å². The minimum absolute atomic E-state index is 0.115. The highest BCUT2D eigenvalue weighted by molar-refractivity contribution is 7.86. The molecule has 0 N–H and O–H groups in total. The van der Waals surface area contributed by atoms with Crippen molar-refractivity contribution in [2.24, 2.45) is 5.92 Å². The van der Waals surface area contributed by atoms with E-state index in [0.29, 0.717) is 0 Å². The van der Waals surface area contributed by atoms with Gasteiger partial charge in [0.25, 0.3) is 0 Å². The molecule has 2 aliphatic rings. The molecule has 0 amide bonds. The molecule has 0 aliphatic carbocycles. The van der Waals surface area contributed by atoms with Crippen LogP contribution in [0.15, 0.2) is 11.8 Å². The molecule has 4 heteroatoms. The maximum atomic E-state index is 12.4. The summed E-state index contributed by atoms with van der Waals surface area (Å²) in [4.78, 5) is 12.4. The SMILES string of the molecule is C=C(C(=O)C1CC2CCC(C1)S2=O)[Si](C)(C)C. The summed E-state index contributed by atoms with van der Waals surface area (Å²) in [5, 5.41) is 1.45. The van der Waals surface area contributed by atoms with Crippen molar-refractivity contribution in [3.63, 3.8) is 0 Å². The first-order chi connectivity index (χ1) is 7.80. The van der Waals surface area contributed by atoms with E-state index in [2.05, 4.69) is 26.2 Å². The summed E-state index contributed by atoms with van der Waals surface area (Å²) >= 11 is 0. The van der Waals surface area contributed by atoms with Crippen LogP contribution >= 0.6 is 0 Å². The van der Waals surface area contributed by atoms with Crippen LogP contribution in [-0.2, 0) is 15.6 Å². The summed E-state index contributed by atoms with van der Waals surface area (Å²) in [7, 11) is -2.23. The lowest BCUT2D eigenvalue weighted by molar-refractivity contribution is -0.119. The molecule has 2 fully saturated rings. The fourth-order valence-electron chi connectivity index (χ4n) is 2.86. The van der Waals surface area contributed by atoms with Crippen LogP contribution in [0.25, 0.3) is 0 Å². The van der Waals surface area contributed by atoms with E-state index in [1.165, 1.54) is 0 Å². The largest absolute Gasteiger partial charge is 0.295 e. The van der Waals surface area contributed by atoms with Gasteiger partial charge in [-0.15, -0.1) is 0 Å².